The molecule has 5 heterocycles. The summed E-state index contributed by atoms with van der Waals surface area (Å²) in [6, 6.07) is 10.1. The van der Waals surface area contributed by atoms with E-state index in [2.05, 4.69) is 35.5 Å². The molecule has 0 aliphatic heterocycles. The van der Waals surface area contributed by atoms with Crippen LogP contribution >= 0.6 is 0 Å². The molecule has 0 atom stereocenters. The van der Waals surface area contributed by atoms with Gasteiger partial charge in [0.25, 0.3) is 0 Å². The van der Waals surface area contributed by atoms with Gasteiger partial charge < -0.3 is 19.9 Å². The Morgan fingerprint density at radius 1 is 1.02 bits per heavy atom. The number of carbonyl (C=O) groups is 1. The molecule has 11 nitrogen and oxygen atoms in total. The second-order valence-corrected chi connectivity index (χ2v) is 10.0. The number of hydrogen-bond acceptors (Lipinski definition) is 8. The maximum atomic E-state index is 14.6. The predicted molar refractivity (Wildman–Crippen MR) is 158 cm³/mol. The molecule has 0 unspecified atom stereocenters. The zero-order valence-electron chi connectivity index (χ0n) is 23.3. The average molecular weight is 566 g/mol. The highest BCUT2D eigenvalue weighted by Crippen LogP contribution is 2.33. The number of aromatic nitrogens is 7. The van der Waals surface area contributed by atoms with Crippen molar-refractivity contribution >= 4 is 33.7 Å². The number of rotatable bonds is 9. The topological polar surface area (TPSA) is 138 Å². The molecular weight excluding hydrogens is 537 g/mol. The zero-order valence-corrected chi connectivity index (χ0v) is 23.3. The molecule has 42 heavy (non-hydrogen) atoms. The van der Waals surface area contributed by atoms with Crippen molar-refractivity contribution in [2.75, 3.05) is 32.6 Å². The third-order valence-corrected chi connectivity index (χ3v) is 6.67. The van der Waals surface area contributed by atoms with Crippen LogP contribution in [0.15, 0.2) is 61.2 Å². The number of hydrogen-bond donors (Lipinski definition) is 3. The van der Waals surface area contributed by atoms with Crippen LogP contribution in [0.1, 0.15) is 13.3 Å². The molecule has 1 amide bonds. The summed E-state index contributed by atoms with van der Waals surface area (Å²) in [5.74, 6) is 0.410. The van der Waals surface area contributed by atoms with Gasteiger partial charge in [0.2, 0.25) is 5.91 Å². The van der Waals surface area contributed by atoms with Crippen LogP contribution in [0.2, 0.25) is 0 Å². The maximum Gasteiger partial charge on any atom is 0.224 e. The molecule has 3 N–H and O–H groups in total. The number of amides is 1. The highest BCUT2D eigenvalue weighted by Gasteiger charge is 2.18. The molecule has 0 bridgehead atoms. The molecule has 1 aromatic carbocycles. The summed E-state index contributed by atoms with van der Waals surface area (Å²) in [6.07, 6.45) is 7.05. The van der Waals surface area contributed by atoms with Crippen molar-refractivity contribution < 1.29 is 13.9 Å². The Labute approximate surface area is 240 Å². The lowest BCUT2D eigenvalue weighted by atomic mass is 10.1. The van der Waals surface area contributed by atoms with Gasteiger partial charge in [-0.15, -0.1) is 0 Å². The molecule has 0 radical (unpaired) electrons. The van der Waals surface area contributed by atoms with Gasteiger partial charge in [0.15, 0.2) is 11.5 Å². The molecule has 0 saturated heterocycles. The van der Waals surface area contributed by atoms with Gasteiger partial charge in [-0.1, -0.05) is 6.92 Å². The average Bonchev–Trinajstić information content (AvgIpc) is 3.60. The van der Waals surface area contributed by atoms with E-state index in [9.17, 15) is 9.18 Å². The normalized spacial score (nSPS) is 11.5. The molecule has 6 aromatic rings. The highest BCUT2D eigenvalue weighted by atomic mass is 19.1. The quantitative estimate of drug-likeness (QED) is 0.221. The zero-order chi connectivity index (χ0) is 29.2. The lowest BCUT2D eigenvalue weighted by Gasteiger charge is -2.12. The predicted octanol–water partition coefficient (Wildman–Crippen LogP) is 5.05. The number of ether oxygens (including phenoxy) is 1. The van der Waals surface area contributed by atoms with Gasteiger partial charge in [0.1, 0.15) is 29.4 Å². The number of nitrogens with zero attached hydrogens (tertiary/aromatic N) is 6. The van der Waals surface area contributed by atoms with Gasteiger partial charge in [-0.3, -0.25) is 19.9 Å². The highest BCUT2D eigenvalue weighted by molar-refractivity contribution is 5.96. The molecular formula is C30H28FN9O2. The maximum absolute atomic E-state index is 14.6. The largest absolute Gasteiger partial charge is 0.492 e. The number of likely N-dealkylation sites (N-methyl/N-ethyl adjacent to an activating group) is 1. The first-order chi connectivity index (χ1) is 20.4. The van der Waals surface area contributed by atoms with Gasteiger partial charge in [0.05, 0.1) is 28.5 Å². The smallest absolute Gasteiger partial charge is 0.224 e. The summed E-state index contributed by atoms with van der Waals surface area (Å²) in [6.45, 7) is 2.92. The number of imidazole rings is 1. The number of carbonyl (C=O) groups excluding carboxylic acids is 1. The standard InChI is InChI=1S/C30H28FN9O2/c1-4-25(41)35-21-10-18(14-32-16-21)19-12-23-27(38-39-29(23)34-15-19)30-36-24-5-6-33-26(28(24)37-30)17-9-20(31)13-22(11-17)42-8-7-40(2)3/h5-6,9-16H,4,7-8H2,1-3H3,(H,35,41)(H,36,37)(H,34,38,39). The Balaban J connectivity index is 1.36. The van der Waals surface area contributed by atoms with E-state index in [1.807, 2.05) is 37.2 Å². The molecule has 212 valence electrons. The van der Waals surface area contributed by atoms with E-state index in [0.29, 0.717) is 64.9 Å². The van der Waals surface area contributed by atoms with Crippen molar-refractivity contribution in [3.05, 3.63) is 67.0 Å². The number of pyridine rings is 3. The van der Waals surface area contributed by atoms with Crippen LogP contribution in [-0.4, -0.2) is 73.2 Å². The molecule has 0 saturated carbocycles. The summed E-state index contributed by atoms with van der Waals surface area (Å²) in [5.41, 5.74) is 5.70. The van der Waals surface area contributed by atoms with E-state index in [-0.39, 0.29) is 5.91 Å². The van der Waals surface area contributed by atoms with Crippen LogP contribution in [0.3, 0.4) is 0 Å². The summed E-state index contributed by atoms with van der Waals surface area (Å²) >= 11 is 0. The van der Waals surface area contributed by atoms with E-state index in [1.165, 1.54) is 12.1 Å². The van der Waals surface area contributed by atoms with Gasteiger partial charge in [-0.25, -0.2) is 14.4 Å². The van der Waals surface area contributed by atoms with E-state index in [0.717, 1.165) is 22.0 Å². The van der Waals surface area contributed by atoms with Crippen molar-refractivity contribution in [1.29, 1.82) is 0 Å². The summed E-state index contributed by atoms with van der Waals surface area (Å²) in [4.78, 5) is 35.3. The molecule has 0 aliphatic rings. The molecule has 12 heteroatoms. The van der Waals surface area contributed by atoms with Gasteiger partial charge in [0, 0.05) is 54.3 Å². The van der Waals surface area contributed by atoms with Crippen LogP contribution in [0.4, 0.5) is 10.1 Å². The van der Waals surface area contributed by atoms with Crippen LogP contribution in [0.5, 0.6) is 5.75 Å². The van der Waals surface area contributed by atoms with Gasteiger partial charge >= 0.3 is 0 Å². The summed E-state index contributed by atoms with van der Waals surface area (Å²) < 4.78 is 20.4. The molecule has 5 aromatic heterocycles. The first-order valence-electron chi connectivity index (χ1n) is 13.4. The monoisotopic (exact) mass is 565 g/mol. The number of nitrogens with one attached hydrogen (secondary N) is 3. The number of H-pyrrole nitrogens is 2. The van der Waals surface area contributed by atoms with E-state index >= 15 is 0 Å². The fraction of sp³-hybridized carbons (Fsp3) is 0.200. The van der Waals surface area contributed by atoms with Crippen LogP contribution in [-0.2, 0) is 4.79 Å². The summed E-state index contributed by atoms with van der Waals surface area (Å²) in [7, 11) is 3.90. The lowest BCUT2D eigenvalue weighted by Crippen LogP contribution is -2.19. The number of benzene rings is 1. The number of fused-ring (bicyclic) bond motifs is 2. The Morgan fingerprint density at radius 3 is 2.71 bits per heavy atom. The fourth-order valence-electron chi connectivity index (χ4n) is 4.54. The minimum atomic E-state index is -0.424. The van der Waals surface area contributed by atoms with Crippen molar-refractivity contribution in [2.45, 2.75) is 13.3 Å². The first-order valence-corrected chi connectivity index (χ1v) is 13.4. The fourth-order valence-corrected chi connectivity index (χ4v) is 4.54. The van der Waals surface area contributed by atoms with E-state index in [4.69, 9.17) is 9.72 Å². The summed E-state index contributed by atoms with van der Waals surface area (Å²) in [5, 5.41) is 11.0. The molecule has 0 aliphatic carbocycles. The molecule has 6 rings (SSSR count). The van der Waals surface area contributed by atoms with Crippen molar-refractivity contribution in [1.82, 2.24) is 40.0 Å². The van der Waals surface area contributed by atoms with Crippen molar-refractivity contribution in [2.24, 2.45) is 0 Å². The Kier molecular flexibility index (Phi) is 7.28. The van der Waals surface area contributed by atoms with E-state index < -0.39 is 5.82 Å². The van der Waals surface area contributed by atoms with Gasteiger partial charge in [-0.2, -0.15) is 5.10 Å². The van der Waals surface area contributed by atoms with E-state index in [1.54, 1.807) is 37.8 Å². The number of aromatic amines is 2. The second-order valence-electron chi connectivity index (χ2n) is 10.0. The minimum absolute atomic E-state index is 0.0929. The Hall–Kier alpha value is -5.23. The van der Waals surface area contributed by atoms with Crippen LogP contribution in [0.25, 0.3) is 56.0 Å². The SMILES string of the molecule is CCC(=O)Nc1cncc(-c2cnc3[nH]nc(-c4nc5c(-c6cc(F)cc(OCCN(C)C)c6)nccc5[nH]4)c3c2)c1. The second kappa shape index (κ2) is 11.3. The molecule has 0 spiro atoms. The molecule has 0 fully saturated rings. The minimum Gasteiger partial charge on any atom is -0.492 e. The number of anilines is 1. The number of halogens is 1. The third-order valence-electron chi connectivity index (χ3n) is 6.67. The first kappa shape index (κ1) is 27.0. The van der Waals surface area contributed by atoms with Crippen LogP contribution in [0, 0.1) is 5.82 Å². The van der Waals surface area contributed by atoms with Crippen molar-refractivity contribution in [3.8, 4) is 39.7 Å². The Morgan fingerprint density at radius 2 is 1.88 bits per heavy atom. The lowest BCUT2D eigenvalue weighted by molar-refractivity contribution is -0.115. The Bertz CT molecular complexity index is 1910. The van der Waals surface area contributed by atoms with Crippen LogP contribution < -0.4 is 10.1 Å². The van der Waals surface area contributed by atoms with Gasteiger partial charge in [-0.05, 0) is 44.4 Å². The third kappa shape index (κ3) is 5.52. The van der Waals surface area contributed by atoms with Crippen molar-refractivity contribution in [3.63, 3.8) is 0 Å².